The molecular formula is C19H15N3OS. The normalized spacial score (nSPS) is 12.5. The van der Waals surface area contributed by atoms with E-state index in [-0.39, 0.29) is 0 Å². The molecule has 0 amide bonds. The Balaban J connectivity index is 1.66. The minimum Gasteiger partial charge on any atom is -0.463 e. The lowest BCUT2D eigenvalue weighted by molar-refractivity contribution is 0.487. The molecule has 24 heavy (non-hydrogen) atoms. The van der Waals surface area contributed by atoms with E-state index in [1.807, 2.05) is 36.4 Å². The van der Waals surface area contributed by atoms with Crippen LogP contribution in [0.3, 0.4) is 0 Å². The summed E-state index contributed by atoms with van der Waals surface area (Å²) in [6.45, 7) is 0. The molecule has 2 heterocycles. The van der Waals surface area contributed by atoms with Gasteiger partial charge in [-0.3, -0.25) is 0 Å². The number of hydrogen-bond donors (Lipinski definition) is 0. The van der Waals surface area contributed by atoms with Gasteiger partial charge in [0.25, 0.3) is 0 Å². The number of para-hydroxylation sites is 1. The average molecular weight is 333 g/mol. The third-order valence-electron chi connectivity index (χ3n) is 3.71. The van der Waals surface area contributed by atoms with E-state index in [0.29, 0.717) is 5.82 Å². The van der Waals surface area contributed by atoms with Gasteiger partial charge in [0.1, 0.15) is 12.0 Å². The molecule has 0 atom stereocenters. The fraction of sp³-hybridized carbons (Fsp3) is 0.0526. The lowest BCUT2D eigenvalue weighted by Gasteiger charge is -2.02. The highest BCUT2D eigenvalue weighted by Crippen LogP contribution is 2.31. The van der Waals surface area contributed by atoms with Gasteiger partial charge in [-0.2, -0.15) is 0 Å². The van der Waals surface area contributed by atoms with E-state index in [9.17, 15) is 0 Å². The van der Waals surface area contributed by atoms with Crippen LogP contribution >= 0.6 is 11.8 Å². The fourth-order valence-electron chi connectivity index (χ4n) is 2.50. The molecule has 0 radical (unpaired) electrons. The Labute approximate surface area is 144 Å². The smallest absolute Gasteiger partial charge is 0.175 e. The van der Waals surface area contributed by atoms with Crippen molar-refractivity contribution in [3.8, 4) is 17.1 Å². The van der Waals surface area contributed by atoms with Crippen LogP contribution in [0.1, 0.15) is 11.4 Å². The Morgan fingerprint density at radius 2 is 1.88 bits per heavy atom. The van der Waals surface area contributed by atoms with Crippen molar-refractivity contribution in [2.75, 3.05) is 6.26 Å². The molecule has 1 aliphatic heterocycles. The minimum absolute atomic E-state index is 0.667. The van der Waals surface area contributed by atoms with E-state index >= 15 is 0 Å². The number of benzene rings is 2. The van der Waals surface area contributed by atoms with Gasteiger partial charge in [-0.1, -0.05) is 30.3 Å². The summed E-state index contributed by atoms with van der Waals surface area (Å²) in [6, 6.07) is 16.2. The summed E-state index contributed by atoms with van der Waals surface area (Å²) in [5.74, 6) is 2.22. The van der Waals surface area contributed by atoms with E-state index in [1.165, 1.54) is 4.90 Å². The highest BCUT2D eigenvalue weighted by Gasteiger charge is 2.15. The molecule has 118 valence electrons. The first-order valence-electron chi connectivity index (χ1n) is 7.55. The van der Waals surface area contributed by atoms with E-state index < -0.39 is 0 Å². The van der Waals surface area contributed by atoms with Crippen molar-refractivity contribution in [3.63, 3.8) is 0 Å². The molecule has 2 aromatic carbocycles. The summed E-state index contributed by atoms with van der Waals surface area (Å²) in [4.78, 5) is 5.88. The molecule has 4 nitrogen and oxygen atoms in total. The first-order chi connectivity index (χ1) is 11.8. The Kier molecular flexibility index (Phi) is 3.92. The minimum atomic E-state index is 0.667. The van der Waals surface area contributed by atoms with Crippen LogP contribution in [0.4, 0.5) is 0 Å². The van der Waals surface area contributed by atoms with E-state index in [4.69, 9.17) is 4.74 Å². The van der Waals surface area contributed by atoms with Crippen LogP contribution in [0.2, 0.25) is 0 Å². The van der Waals surface area contributed by atoms with Crippen LogP contribution in [-0.4, -0.2) is 21.0 Å². The highest BCUT2D eigenvalue weighted by molar-refractivity contribution is 7.98. The van der Waals surface area contributed by atoms with Crippen molar-refractivity contribution < 1.29 is 4.74 Å². The van der Waals surface area contributed by atoms with Gasteiger partial charge in [0.15, 0.2) is 11.6 Å². The monoisotopic (exact) mass is 333 g/mol. The van der Waals surface area contributed by atoms with Gasteiger partial charge in [0, 0.05) is 4.90 Å². The Morgan fingerprint density at radius 3 is 2.71 bits per heavy atom. The predicted octanol–water partition coefficient (Wildman–Crippen LogP) is 4.66. The van der Waals surface area contributed by atoms with Crippen molar-refractivity contribution in [2.45, 2.75) is 4.90 Å². The molecule has 5 heteroatoms. The van der Waals surface area contributed by atoms with Crippen molar-refractivity contribution >= 4 is 30.1 Å². The number of aromatic nitrogens is 3. The quantitative estimate of drug-likeness (QED) is 0.654. The van der Waals surface area contributed by atoms with Crippen LogP contribution in [0.25, 0.3) is 29.7 Å². The van der Waals surface area contributed by atoms with Gasteiger partial charge in [-0.05, 0) is 42.2 Å². The number of rotatable bonds is 3. The molecule has 0 N–H and O–H groups in total. The van der Waals surface area contributed by atoms with Gasteiger partial charge in [0.05, 0.1) is 11.8 Å². The van der Waals surface area contributed by atoms with Gasteiger partial charge in [0.2, 0.25) is 0 Å². The number of ether oxygens (including phenoxy) is 1. The maximum atomic E-state index is 5.58. The van der Waals surface area contributed by atoms with Crippen LogP contribution < -0.4 is 4.74 Å². The molecule has 0 aliphatic carbocycles. The van der Waals surface area contributed by atoms with E-state index in [1.54, 1.807) is 28.9 Å². The molecule has 3 aromatic rings. The average Bonchev–Trinajstić information content (AvgIpc) is 2.96. The molecule has 0 unspecified atom stereocenters. The van der Waals surface area contributed by atoms with Crippen LogP contribution in [0.15, 0.2) is 59.7 Å². The van der Waals surface area contributed by atoms with E-state index in [2.05, 4.69) is 40.6 Å². The summed E-state index contributed by atoms with van der Waals surface area (Å²) in [5.41, 5.74) is 2.05. The molecule has 0 bridgehead atoms. The van der Waals surface area contributed by atoms with Crippen molar-refractivity contribution in [1.82, 2.24) is 14.8 Å². The number of thioether (sulfide) groups is 1. The lowest BCUT2D eigenvalue weighted by Crippen LogP contribution is -1.91. The van der Waals surface area contributed by atoms with Crippen molar-refractivity contribution in [3.05, 3.63) is 66.2 Å². The molecule has 0 saturated heterocycles. The lowest BCUT2D eigenvalue weighted by atomic mass is 10.2. The van der Waals surface area contributed by atoms with Crippen LogP contribution in [0, 0.1) is 0 Å². The predicted molar refractivity (Wildman–Crippen MR) is 98.6 cm³/mol. The molecular weight excluding hydrogens is 318 g/mol. The third kappa shape index (κ3) is 2.86. The SMILES string of the molecule is CSc1ccc(C=Cc2nc3n(n2)C=COc2ccccc2-3)cc1. The molecule has 0 spiro atoms. The molecule has 1 aliphatic rings. The zero-order valence-corrected chi connectivity index (χ0v) is 13.9. The second-order valence-corrected chi connectivity index (χ2v) is 6.12. The highest BCUT2D eigenvalue weighted by atomic mass is 32.2. The summed E-state index contributed by atoms with van der Waals surface area (Å²) in [7, 11) is 0. The Morgan fingerprint density at radius 1 is 1.04 bits per heavy atom. The van der Waals surface area contributed by atoms with Gasteiger partial charge < -0.3 is 4.74 Å². The second kappa shape index (κ2) is 6.37. The van der Waals surface area contributed by atoms with E-state index in [0.717, 1.165) is 22.7 Å². The van der Waals surface area contributed by atoms with Gasteiger partial charge in [-0.15, -0.1) is 16.9 Å². The van der Waals surface area contributed by atoms with Crippen LogP contribution in [-0.2, 0) is 0 Å². The largest absolute Gasteiger partial charge is 0.463 e. The van der Waals surface area contributed by atoms with Crippen molar-refractivity contribution in [2.24, 2.45) is 0 Å². The number of fused-ring (bicyclic) bond motifs is 3. The zero-order valence-electron chi connectivity index (χ0n) is 13.1. The summed E-state index contributed by atoms with van der Waals surface area (Å²) in [5, 5.41) is 4.51. The number of hydrogen-bond acceptors (Lipinski definition) is 4. The summed E-state index contributed by atoms with van der Waals surface area (Å²) < 4.78 is 7.32. The standard InChI is InChI=1S/C19H15N3OS/c1-24-15-9-6-14(7-10-15)8-11-18-20-19-16-4-2-3-5-17(16)23-13-12-22(19)21-18/h2-13H,1H3. The first kappa shape index (κ1) is 14.8. The molecule has 4 rings (SSSR count). The second-order valence-electron chi connectivity index (χ2n) is 5.24. The van der Waals surface area contributed by atoms with Crippen LogP contribution in [0.5, 0.6) is 5.75 Å². The Bertz CT molecular complexity index is 926. The first-order valence-corrected chi connectivity index (χ1v) is 8.77. The molecule has 1 aromatic heterocycles. The zero-order chi connectivity index (χ0) is 16.4. The third-order valence-corrected chi connectivity index (χ3v) is 4.46. The maximum absolute atomic E-state index is 5.58. The molecule has 0 fully saturated rings. The Hall–Kier alpha value is -2.79. The summed E-state index contributed by atoms with van der Waals surface area (Å²) >= 11 is 1.73. The summed E-state index contributed by atoms with van der Waals surface area (Å²) in [6.07, 6.45) is 9.41. The number of nitrogens with zero attached hydrogens (tertiary/aromatic N) is 3. The fourth-order valence-corrected chi connectivity index (χ4v) is 2.91. The topological polar surface area (TPSA) is 39.9 Å². The van der Waals surface area contributed by atoms with Gasteiger partial charge in [-0.25, -0.2) is 9.67 Å². The van der Waals surface area contributed by atoms with Gasteiger partial charge >= 0.3 is 0 Å². The molecule has 0 saturated carbocycles. The maximum Gasteiger partial charge on any atom is 0.175 e. The van der Waals surface area contributed by atoms with Crippen molar-refractivity contribution in [1.29, 1.82) is 0 Å².